The van der Waals surface area contributed by atoms with E-state index in [1.165, 1.54) is 4.90 Å². The third kappa shape index (κ3) is 5.56. The summed E-state index contributed by atoms with van der Waals surface area (Å²) in [7, 11) is 0. The Morgan fingerprint density at radius 1 is 1.06 bits per heavy atom. The first-order valence-electron chi connectivity index (χ1n) is 6.04. The smallest absolute Gasteiger partial charge is 0.410 e. The van der Waals surface area contributed by atoms with E-state index in [0.29, 0.717) is 19.8 Å². The predicted octanol–water partition coefficient (Wildman–Crippen LogP) is 2.05. The molecule has 0 heterocycles. The second-order valence-electron chi connectivity index (χ2n) is 4.17. The minimum atomic E-state index is -0.614. The van der Waals surface area contributed by atoms with Crippen LogP contribution in [0, 0.1) is 5.92 Å². The molecule has 0 aromatic carbocycles. The molecule has 0 N–H and O–H groups in total. The van der Waals surface area contributed by atoms with Crippen molar-refractivity contribution in [1.29, 1.82) is 0 Å². The topological polar surface area (TPSA) is 55.8 Å². The minimum absolute atomic E-state index is 0.260. The van der Waals surface area contributed by atoms with Gasteiger partial charge in [-0.3, -0.25) is 4.90 Å². The van der Waals surface area contributed by atoms with Crippen molar-refractivity contribution in [3.63, 3.8) is 0 Å². The van der Waals surface area contributed by atoms with Crippen molar-refractivity contribution in [2.45, 2.75) is 40.7 Å². The number of amides is 1. The van der Waals surface area contributed by atoms with E-state index in [1.54, 1.807) is 20.8 Å². The number of ether oxygens (including phenoxy) is 2. The zero-order valence-corrected chi connectivity index (χ0v) is 11.4. The summed E-state index contributed by atoms with van der Waals surface area (Å²) in [5.41, 5.74) is 0. The van der Waals surface area contributed by atoms with Crippen LogP contribution in [0.1, 0.15) is 34.6 Å². The first-order valence-corrected chi connectivity index (χ1v) is 6.04. The molecule has 17 heavy (non-hydrogen) atoms. The molecule has 0 bridgehead atoms. The van der Waals surface area contributed by atoms with Gasteiger partial charge in [-0.1, -0.05) is 13.8 Å². The average molecular weight is 245 g/mol. The molecule has 0 fully saturated rings. The van der Waals surface area contributed by atoms with E-state index in [-0.39, 0.29) is 5.92 Å². The number of nitrogens with zero attached hydrogens (tertiary/aromatic N) is 1. The third-order valence-corrected chi connectivity index (χ3v) is 2.16. The summed E-state index contributed by atoms with van der Waals surface area (Å²) in [5, 5.41) is 0. The Morgan fingerprint density at radius 3 is 2.00 bits per heavy atom. The molecule has 0 aliphatic rings. The fraction of sp³-hybridized carbons (Fsp3) is 0.833. The van der Waals surface area contributed by atoms with Gasteiger partial charge in [-0.25, -0.2) is 9.59 Å². The highest BCUT2D eigenvalue weighted by atomic mass is 16.6. The van der Waals surface area contributed by atoms with Crippen LogP contribution in [0.2, 0.25) is 0 Å². The molecule has 0 spiro atoms. The number of hydrogen-bond donors (Lipinski definition) is 0. The average Bonchev–Trinajstić information content (AvgIpc) is 2.25. The lowest BCUT2D eigenvalue weighted by Gasteiger charge is -2.28. The zero-order chi connectivity index (χ0) is 13.4. The number of rotatable bonds is 6. The monoisotopic (exact) mass is 245 g/mol. The highest BCUT2D eigenvalue weighted by Gasteiger charge is 2.28. The van der Waals surface area contributed by atoms with E-state index in [9.17, 15) is 9.59 Å². The second-order valence-corrected chi connectivity index (χ2v) is 4.17. The summed E-state index contributed by atoms with van der Waals surface area (Å²) in [6.45, 7) is 10.1. The van der Waals surface area contributed by atoms with Gasteiger partial charge >= 0.3 is 12.1 Å². The molecule has 0 aliphatic carbocycles. The summed E-state index contributed by atoms with van der Waals surface area (Å²) in [6, 6.07) is -0.614. The van der Waals surface area contributed by atoms with Gasteiger partial charge in [0.25, 0.3) is 0 Å². The second kappa shape index (κ2) is 7.92. The molecule has 100 valence electrons. The van der Waals surface area contributed by atoms with E-state index in [2.05, 4.69) is 0 Å². The lowest BCUT2D eigenvalue weighted by atomic mass is 10.2. The van der Waals surface area contributed by atoms with E-state index < -0.39 is 18.1 Å². The summed E-state index contributed by atoms with van der Waals surface area (Å²) in [5.74, 6) is -0.141. The van der Waals surface area contributed by atoms with Gasteiger partial charge in [-0.2, -0.15) is 0 Å². The summed E-state index contributed by atoms with van der Waals surface area (Å²) >= 11 is 0. The Kier molecular flexibility index (Phi) is 7.34. The van der Waals surface area contributed by atoms with Crippen LogP contribution in [0.25, 0.3) is 0 Å². The largest absolute Gasteiger partial charge is 0.464 e. The maximum Gasteiger partial charge on any atom is 0.410 e. The van der Waals surface area contributed by atoms with Crippen LogP contribution < -0.4 is 0 Å². The van der Waals surface area contributed by atoms with E-state index in [1.807, 2.05) is 13.8 Å². The van der Waals surface area contributed by atoms with Crippen LogP contribution in [-0.4, -0.2) is 42.8 Å². The van der Waals surface area contributed by atoms with Crippen LogP contribution in [-0.2, 0) is 14.3 Å². The van der Waals surface area contributed by atoms with Crippen molar-refractivity contribution < 1.29 is 19.1 Å². The molecule has 5 nitrogen and oxygen atoms in total. The van der Waals surface area contributed by atoms with Gasteiger partial charge < -0.3 is 9.47 Å². The lowest BCUT2D eigenvalue weighted by molar-refractivity contribution is -0.148. The van der Waals surface area contributed by atoms with Crippen molar-refractivity contribution in [1.82, 2.24) is 4.90 Å². The predicted molar refractivity (Wildman–Crippen MR) is 64.7 cm³/mol. The third-order valence-electron chi connectivity index (χ3n) is 2.16. The molecular formula is C12H23NO4. The summed E-state index contributed by atoms with van der Waals surface area (Å²) in [6.07, 6.45) is -0.471. The Labute approximate surface area is 103 Å². The molecule has 0 aromatic heterocycles. The van der Waals surface area contributed by atoms with Crippen molar-refractivity contribution in [2.24, 2.45) is 5.92 Å². The Hall–Kier alpha value is -1.26. The van der Waals surface area contributed by atoms with Crippen LogP contribution in [0.5, 0.6) is 0 Å². The molecule has 1 amide bonds. The van der Waals surface area contributed by atoms with Crippen molar-refractivity contribution in [3.05, 3.63) is 0 Å². The number of carbonyl (C=O) groups is 2. The molecule has 0 saturated heterocycles. The molecule has 0 rings (SSSR count). The van der Waals surface area contributed by atoms with Gasteiger partial charge in [0.2, 0.25) is 0 Å². The number of esters is 1. The lowest BCUT2D eigenvalue weighted by Crippen LogP contribution is -2.46. The highest BCUT2D eigenvalue weighted by Crippen LogP contribution is 2.08. The van der Waals surface area contributed by atoms with Crippen molar-refractivity contribution in [2.75, 3.05) is 19.8 Å². The van der Waals surface area contributed by atoms with Gasteiger partial charge in [-0.15, -0.1) is 0 Å². The van der Waals surface area contributed by atoms with Crippen LogP contribution in [0.15, 0.2) is 0 Å². The Bertz CT molecular complexity index is 253. The molecular weight excluding hydrogens is 222 g/mol. The normalized spacial score (nSPS) is 12.1. The van der Waals surface area contributed by atoms with Crippen LogP contribution in [0.3, 0.4) is 0 Å². The van der Waals surface area contributed by atoms with Crippen molar-refractivity contribution >= 4 is 12.1 Å². The maximum atomic E-state index is 11.7. The fourth-order valence-electron chi connectivity index (χ4n) is 1.38. The molecule has 1 atom stereocenters. The van der Waals surface area contributed by atoms with E-state index in [0.717, 1.165) is 0 Å². The molecule has 0 saturated carbocycles. The summed E-state index contributed by atoms with van der Waals surface area (Å²) < 4.78 is 9.84. The van der Waals surface area contributed by atoms with Gasteiger partial charge in [-0.05, 0) is 26.7 Å². The molecule has 0 radical (unpaired) electrons. The van der Waals surface area contributed by atoms with E-state index in [4.69, 9.17) is 9.47 Å². The van der Waals surface area contributed by atoms with Crippen LogP contribution in [0.4, 0.5) is 4.79 Å². The summed E-state index contributed by atoms with van der Waals surface area (Å²) in [4.78, 5) is 24.7. The maximum absolute atomic E-state index is 11.7. The SMILES string of the molecule is CCOC(=O)[C@H](C)N(CC(C)C)C(=O)OCC. The van der Waals surface area contributed by atoms with E-state index >= 15 is 0 Å². The minimum Gasteiger partial charge on any atom is -0.464 e. The molecule has 5 heteroatoms. The fourth-order valence-corrected chi connectivity index (χ4v) is 1.38. The Balaban J connectivity index is 4.65. The van der Waals surface area contributed by atoms with Gasteiger partial charge in [0.05, 0.1) is 13.2 Å². The Morgan fingerprint density at radius 2 is 1.59 bits per heavy atom. The van der Waals surface area contributed by atoms with Gasteiger partial charge in [0, 0.05) is 6.54 Å². The molecule has 0 aromatic rings. The van der Waals surface area contributed by atoms with Crippen LogP contribution >= 0.6 is 0 Å². The molecule has 0 aliphatic heterocycles. The molecule has 0 unspecified atom stereocenters. The van der Waals surface area contributed by atoms with Crippen molar-refractivity contribution in [3.8, 4) is 0 Å². The zero-order valence-electron chi connectivity index (χ0n) is 11.4. The first-order chi connectivity index (χ1) is 7.93. The standard InChI is InChI=1S/C12H23NO4/c1-6-16-11(14)10(5)13(8-9(3)4)12(15)17-7-2/h9-10H,6-8H2,1-5H3/t10-/m0/s1. The quantitative estimate of drug-likeness (QED) is 0.672. The van der Waals surface area contributed by atoms with Gasteiger partial charge in [0.15, 0.2) is 0 Å². The first kappa shape index (κ1) is 15.7. The van der Waals surface area contributed by atoms with Gasteiger partial charge in [0.1, 0.15) is 6.04 Å². The highest BCUT2D eigenvalue weighted by molar-refractivity contribution is 5.81. The number of carbonyl (C=O) groups excluding carboxylic acids is 2. The number of hydrogen-bond acceptors (Lipinski definition) is 4.